The zero-order chi connectivity index (χ0) is 32.0. The lowest BCUT2D eigenvalue weighted by Crippen LogP contribution is -2.66. The van der Waals surface area contributed by atoms with Gasteiger partial charge in [-0.3, -0.25) is 0 Å². The fraction of sp³-hybridized carbons (Fsp3) is 0.500. The molecule has 44 heavy (non-hydrogen) atoms. The van der Waals surface area contributed by atoms with Gasteiger partial charge in [-0.25, -0.2) is 0 Å². The Kier molecular flexibility index (Phi) is 13.4. The molecule has 8 heteroatoms. The van der Waals surface area contributed by atoms with E-state index in [0.717, 1.165) is 45.6 Å². The number of unbranched alkanes of at least 4 members (excludes halogenated alkanes) is 5. The van der Waals surface area contributed by atoms with Crippen molar-refractivity contribution in [2.24, 2.45) is 0 Å². The van der Waals surface area contributed by atoms with Crippen LogP contribution in [0.5, 0.6) is 0 Å². The highest BCUT2D eigenvalue weighted by atomic mass is 79.9. The van der Waals surface area contributed by atoms with E-state index in [0.29, 0.717) is 0 Å². The van der Waals surface area contributed by atoms with Gasteiger partial charge in [0.15, 0.2) is 0 Å². The predicted octanol–water partition coefficient (Wildman–Crippen LogP) is 8.79. The monoisotopic (exact) mass is 852 g/mol. The molecule has 0 aromatic carbocycles. The average molecular weight is 856 g/mol. The lowest BCUT2D eigenvalue weighted by Gasteiger charge is -2.06. The summed E-state index contributed by atoms with van der Waals surface area (Å²) in [7, 11) is 0. The van der Waals surface area contributed by atoms with Gasteiger partial charge in [0, 0.05) is 99.7 Å². The fourth-order valence-corrected chi connectivity index (χ4v) is 8.50. The molecule has 0 aliphatic carbocycles. The molecule has 2 aliphatic rings. The van der Waals surface area contributed by atoms with E-state index in [1.165, 1.54) is 117 Å². The van der Waals surface area contributed by atoms with Crippen LogP contribution >= 0.6 is 63.7 Å². The van der Waals surface area contributed by atoms with Crippen LogP contribution in [0.1, 0.15) is 124 Å². The molecule has 0 bridgehead atoms. The minimum atomic E-state index is 0.863. The molecular formula is C36H48Br4N4+2. The van der Waals surface area contributed by atoms with Gasteiger partial charge in [-0.05, 0) is 88.5 Å². The predicted molar refractivity (Wildman–Crippen MR) is 203 cm³/mol. The first-order chi connectivity index (χ1) is 21.1. The van der Waals surface area contributed by atoms with Crippen LogP contribution in [0.2, 0.25) is 0 Å². The largest absolute Gasteiger partial charge is 0.358 e. The summed E-state index contributed by atoms with van der Waals surface area (Å²) in [6, 6.07) is 0. The molecule has 0 saturated heterocycles. The highest BCUT2D eigenvalue weighted by Crippen LogP contribution is 2.29. The van der Waals surface area contributed by atoms with Crippen LogP contribution in [-0.4, -0.2) is 19.2 Å². The van der Waals surface area contributed by atoms with Crippen molar-refractivity contribution in [2.45, 2.75) is 116 Å². The lowest BCUT2D eigenvalue weighted by molar-refractivity contribution is -0.383. The minimum absolute atomic E-state index is 0.863. The number of allylic oxidation sites excluding steroid dienone is 4. The summed E-state index contributed by atoms with van der Waals surface area (Å²) >= 11 is 14.8. The van der Waals surface area contributed by atoms with Crippen LogP contribution in [0.25, 0.3) is 12.2 Å². The molecule has 0 fully saturated rings. The first-order valence-corrected chi connectivity index (χ1v) is 19.9. The highest BCUT2D eigenvalue weighted by molar-refractivity contribution is 9.18. The Morgan fingerprint density at radius 2 is 0.955 bits per heavy atom. The maximum Gasteiger partial charge on any atom is 0.250 e. The number of H-pyrrole nitrogens is 2. The average Bonchev–Trinajstić information content (AvgIpc) is 3.67. The molecule has 4 N–H and O–H groups in total. The molecule has 0 amide bonds. The first kappa shape index (κ1) is 35.6. The van der Waals surface area contributed by atoms with Crippen molar-refractivity contribution in [3.05, 3.63) is 78.7 Å². The third kappa shape index (κ3) is 8.01. The number of nitrogens with one attached hydrogen (secondary N) is 4. The Hall–Kier alpha value is -1.22. The van der Waals surface area contributed by atoms with Crippen LogP contribution in [0.15, 0.2) is 33.7 Å². The van der Waals surface area contributed by atoms with Crippen LogP contribution in [0.3, 0.4) is 0 Å². The highest BCUT2D eigenvalue weighted by Gasteiger charge is 2.26. The van der Waals surface area contributed by atoms with Gasteiger partial charge in [0.1, 0.15) is 0 Å². The second-order valence-corrected chi connectivity index (χ2v) is 14.7. The normalized spacial score (nSPS) is 17.2. The molecule has 2 aromatic heterocycles. The van der Waals surface area contributed by atoms with E-state index in [9.17, 15) is 0 Å². The van der Waals surface area contributed by atoms with Crippen LogP contribution in [0, 0.1) is 13.8 Å². The van der Waals surface area contributed by atoms with Crippen molar-refractivity contribution in [1.82, 2.24) is 9.97 Å². The van der Waals surface area contributed by atoms with Crippen molar-refractivity contribution in [1.29, 1.82) is 0 Å². The summed E-state index contributed by atoms with van der Waals surface area (Å²) < 4.78 is 2.17. The number of alkyl halides is 2. The van der Waals surface area contributed by atoms with Gasteiger partial charge in [0.05, 0.1) is 0 Å². The molecule has 4 nitrogen and oxygen atoms in total. The summed E-state index contributed by atoms with van der Waals surface area (Å²) in [5.41, 5.74) is 18.6. The summed E-state index contributed by atoms with van der Waals surface area (Å²) in [5, 5.41) is 1.73. The number of aromatic amines is 2. The molecule has 0 atom stereocenters. The number of halogens is 4. The van der Waals surface area contributed by atoms with Gasteiger partial charge in [0.2, 0.25) is 20.6 Å². The van der Waals surface area contributed by atoms with Crippen LogP contribution < -0.4 is 9.98 Å². The molecular weight excluding hydrogens is 808 g/mol. The maximum atomic E-state index is 3.73. The molecule has 4 heterocycles. The zero-order valence-corrected chi connectivity index (χ0v) is 33.5. The molecule has 0 saturated carbocycles. The molecule has 2 aromatic rings. The fourth-order valence-electron chi connectivity index (χ4n) is 6.64. The molecule has 238 valence electrons. The Labute approximate surface area is 298 Å². The van der Waals surface area contributed by atoms with Gasteiger partial charge in [0.25, 0.3) is 0 Å². The topological polar surface area (TPSA) is 59.5 Å². The summed E-state index contributed by atoms with van der Waals surface area (Å²) in [6.45, 7) is 13.3. The van der Waals surface area contributed by atoms with Gasteiger partial charge in [-0.2, -0.15) is 9.98 Å². The minimum Gasteiger partial charge on any atom is -0.358 e. The number of aromatic nitrogens is 2. The van der Waals surface area contributed by atoms with Gasteiger partial charge in [-0.15, -0.1) is 0 Å². The zero-order valence-electron chi connectivity index (χ0n) is 27.2. The van der Waals surface area contributed by atoms with E-state index in [2.05, 4.69) is 137 Å². The van der Waals surface area contributed by atoms with Crippen molar-refractivity contribution >= 4 is 85.1 Å². The summed E-state index contributed by atoms with van der Waals surface area (Å²) in [5.74, 6) is 0. The molecule has 0 radical (unpaired) electrons. The molecule has 2 aliphatic heterocycles. The Balaban J connectivity index is 1.27. The SMILES string of the molecule is CCC1=C(C)C(Br)=[NH+]/C1=C\c1[nH]c(CBr)c(CCCCCCCCc2c(CBr)[nH]c(/C=C3\[NH+]=C(Br)C(C)=C3CC)c2C)c1C. The van der Waals surface area contributed by atoms with E-state index in [1.807, 2.05) is 0 Å². The van der Waals surface area contributed by atoms with E-state index >= 15 is 0 Å². The van der Waals surface area contributed by atoms with Crippen molar-refractivity contribution in [2.75, 3.05) is 0 Å². The second-order valence-electron chi connectivity index (χ2n) is 12.0. The summed E-state index contributed by atoms with van der Waals surface area (Å²) in [6.07, 6.45) is 16.6. The van der Waals surface area contributed by atoms with E-state index in [1.54, 1.807) is 0 Å². The van der Waals surface area contributed by atoms with Crippen LogP contribution in [0.4, 0.5) is 0 Å². The van der Waals surface area contributed by atoms with Crippen LogP contribution in [-0.2, 0) is 23.5 Å². The van der Waals surface area contributed by atoms with Gasteiger partial charge < -0.3 is 9.97 Å². The summed E-state index contributed by atoms with van der Waals surface area (Å²) in [4.78, 5) is 14.4. The second kappa shape index (κ2) is 16.6. The maximum absolute atomic E-state index is 3.73. The first-order valence-electron chi connectivity index (χ1n) is 16.1. The standard InChI is InChI=1S/C36H46Br4N4/c1-7-25-23(5)35(39)43-31(25)17-29-21(3)27(33(19-37)41-29)15-13-11-9-10-12-14-16-28-22(4)30(42-34(28)20-38)18-32-26(8-2)24(6)36(40)44-32/h17-18,41-42H,7-16,19-20H2,1-6H3/p+2/b31-17-,32-18-. The van der Waals surface area contributed by atoms with Crippen molar-refractivity contribution < 1.29 is 9.98 Å². The van der Waals surface area contributed by atoms with Crippen molar-refractivity contribution in [3.8, 4) is 0 Å². The van der Waals surface area contributed by atoms with Gasteiger partial charge in [-0.1, -0.05) is 71.4 Å². The smallest absolute Gasteiger partial charge is 0.250 e. The third-order valence-corrected chi connectivity index (χ3v) is 12.1. The molecule has 0 unspecified atom stereocenters. The molecule has 0 spiro atoms. The Bertz CT molecular complexity index is 1440. The van der Waals surface area contributed by atoms with E-state index in [4.69, 9.17) is 0 Å². The quantitative estimate of drug-likeness (QED) is 0.102. The Morgan fingerprint density at radius 1 is 0.591 bits per heavy atom. The lowest BCUT2D eigenvalue weighted by atomic mass is 9.99. The van der Waals surface area contributed by atoms with E-state index < -0.39 is 0 Å². The number of hydrogen-bond acceptors (Lipinski definition) is 0. The van der Waals surface area contributed by atoms with E-state index in [-0.39, 0.29) is 0 Å². The van der Waals surface area contributed by atoms with Gasteiger partial charge >= 0.3 is 0 Å². The third-order valence-electron chi connectivity index (χ3n) is 9.37. The number of hydrogen-bond donors (Lipinski definition) is 4. The number of rotatable bonds is 15. The van der Waals surface area contributed by atoms with Crippen molar-refractivity contribution in [3.63, 3.8) is 0 Å². The molecule has 4 rings (SSSR count). The Morgan fingerprint density at radius 3 is 1.30 bits per heavy atom.